The SMILES string of the molecule is COC(=O)N1CCCCC1C(=O)N1CC(Oc2cccc(Cl)c2)C1. The lowest BCUT2D eigenvalue weighted by Crippen LogP contribution is -2.62. The Bertz CT molecular complexity index is 618. The lowest BCUT2D eigenvalue weighted by atomic mass is 9.99. The van der Waals surface area contributed by atoms with Crippen molar-refractivity contribution in [2.75, 3.05) is 26.7 Å². The lowest BCUT2D eigenvalue weighted by Gasteiger charge is -2.43. The third kappa shape index (κ3) is 3.59. The lowest BCUT2D eigenvalue weighted by molar-refractivity contribution is -0.146. The molecule has 2 aliphatic heterocycles. The van der Waals surface area contributed by atoms with E-state index in [1.54, 1.807) is 17.0 Å². The second kappa shape index (κ2) is 7.30. The number of rotatable bonds is 3. The van der Waals surface area contributed by atoms with E-state index in [1.165, 1.54) is 12.0 Å². The van der Waals surface area contributed by atoms with Crippen LogP contribution in [0.2, 0.25) is 5.02 Å². The van der Waals surface area contributed by atoms with E-state index >= 15 is 0 Å². The second-order valence-corrected chi connectivity index (χ2v) is 6.55. The smallest absolute Gasteiger partial charge is 0.410 e. The van der Waals surface area contributed by atoms with Gasteiger partial charge in [0.1, 0.15) is 17.9 Å². The summed E-state index contributed by atoms with van der Waals surface area (Å²) >= 11 is 5.94. The highest BCUT2D eigenvalue weighted by atomic mass is 35.5. The molecule has 2 saturated heterocycles. The summed E-state index contributed by atoms with van der Waals surface area (Å²) in [6.07, 6.45) is 2.06. The van der Waals surface area contributed by atoms with Gasteiger partial charge >= 0.3 is 6.09 Å². The summed E-state index contributed by atoms with van der Waals surface area (Å²) in [4.78, 5) is 27.8. The van der Waals surface area contributed by atoms with Gasteiger partial charge in [0.15, 0.2) is 0 Å². The molecule has 1 aromatic carbocycles. The van der Waals surface area contributed by atoms with Gasteiger partial charge in [-0.2, -0.15) is 0 Å². The summed E-state index contributed by atoms with van der Waals surface area (Å²) in [7, 11) is 1.34. The van der Waals surface area contributed by atoms with Crippen molar-refractivity contribution in [2.45, 2.75) is 31.4 Å². The Labute approximate surface area is 146 Å². The molecule has 2 heterocycles. The van der Waals surface area contributed by atoms with Crippen LogP contribution in [0.1, 0.15) is 19.3 Å². The van der Waals surface area contributed by atoms with Crippen LogP contribution in [-0.4, -0.2) is 60.7 Å². The van der Waals surface area contributed by atoms with Gasteiger partial charge < -0.3 is 14.4 Å². The normalized spacial score (nSPS) is 21.2. The van der Waals surface area contributed by atoms with E-state index in [2.05, 4.69) is 0 Å². The number of amides is 2. The molecule has 2 aliphatic rings. The van der Waals surface area contributed by atoms with Gasteiger partial charge in [0.25, 0.3) is 0 Å². The molecule has 1 atom stereocenters. The zero-order chi connectivity index (χ0) is 17.1. The van der Waals surface area contributed by atoms with Crippen LogP contribution in [-0.2, 0) is 9.53 Å². The van der Waals surface area contributed by atoms with Crippen molar-refractivity contribution in [3.8, 4) is 5.75 Å². The number of hydrogen-bond acceptors (Lipinski definition) is 4. The molecule has 7 heteroatoms. The molecule has 0 N–H and O–H groups in total. The average Bonchev–Trinajstić information content (AvgIpc) is 2.56. The summed E-state index contributed by atoms with van der Waals surface area (Å²) in [5.74, 6) is 0.680. The van der Waals surface area contributed by atoms with Crippen molar-refractivity contribution in [1.29, 1.82) is 0 Å². The van der Waals surface area contributed by atoms with Crippen molar-refractivity contribution in [1.82, 2.24) is 9.80 Å². The largest absolute Gasteiger partial charge is 0.487 e. The molecule has 1 aromatic rings. The predicted octanol–water partition coefficient (Wildman–Crippen LogP) is 2.55. The van der Waals surface area contributed by atoms with E-state index in [1.807, 2.05) is 12.1 Å². The molecule has 2 amide bonds. The van der Waals surface area contributed by atoms with Gasteiger partial charge in [0.05, 0.1) is 20.2 Å². The first kappa shape index (κ1) is 16.9. The van der Waals surface area contributed by atoms with Gasteiger partial charge in [0.2, 0.25) is 5.91 Å². The van der Waals surface area contributed by atoms with Crippen molar-refractivity contribution in [3.05, 3.63) is 29.3 Å². The first-order valence-electron chi connectivity index (χ1n) is 8.14. The molecular weight excluding hydrogens is 332 g/mol. The Hall–Kier alpha value is -1.95. The number of carbonyl (C=O) groups is 2. The molecule has 2 fully saturated rings. The minimum absolute atomic E-state index is 0.0222. The zero-order valence-electron chi connectivity index (χ0n) is 13.6. The molecule has 0 spiro atoms. The van der Waals surface area contributed by atoms with Crippen molar-refractivity contribution in [3.63, 3.8) is 0 Å². The van der Waals surface area contributed by atoms with Crippen molar-refractivity contribution in [2.24, 2.45) is 0 Å². The van der Waals surface area contributed by atoms with Crippen LogP contribution in [0, 0.1) is 0 Å². The first-order valence-corrected chi connectivity index (χ1v) is 8.52. The highest BCUT2D eigenvalue weighted by Gasteiger charge is 2.40. The number of nitrogens with zero attached hydrogens (tertiary/aromatic N) is 2. The number of halogens is 1. The van der Waals surface area contributed by atoms with E-state index < -0.39 is 12.1 Å². The van der Waals surface area contributed by atoms with Crippen LogP contribution < -0.4 is 4.74 Å². The van der Waals surface area contributed by atoms with Gasteiger partial charge in [-0.3, -0.25) is 9.69 Å². The zero-order valence-corrected chi connectivity index (χ0v) is 14.4. The Kier molecular flexibility index (Phi) is 5.14. The maximum atomic E-state index is 12.7. The number of methoxy groups -OCH3 is 1. The highest BCUT2D eigenvalue weighted by molar-refractivity contribution is 6.30. The Morgan fingerprint density at radius 3 is 2.75 bits per heavy atom. The van der Waals surface area contributed by atoms with Crippen LogP contribution in [0.3, 0.4) is 0 Å². The van der Waals surface area contributed by atoms with E-state index in [0.717, 1.165) is 12.8 Å². The number of piperidine rings is 1. The van der Waals surface area contributed by atoms with Crippen molar-refractivity contribution < 1.29 is 19.1 Å². The quantitative estimate of drug-likeness (QED) is 0.838. The summed E-state index contributed by atoms with van der Waals surface area (Å²) < 4.78 is 10.6. The molecule has 0 aliphatic carbocycles. The van der Waals surface area contributed by atoms with Crippen molar-refractivity contribution >= 4 is 23.6 Å². The van der Waals surface area contributed by atoms with Gasteiger partial charge in [-0.05, 0) is 37.5 Å². The molecule has 0 bridgehead atoms. The fraction of sp³-hybridized carbons (Fsp3) is 0.529. The van der Waals surface area contributed by atoms with E-state index in [0.29, 0.717) is 36.8 Å². The average molecular weight is 353 g/mol. The molecule has 24 heavy (non-hydrogen) atoms. The van der Waals surface area contributed by atoms with Crippen LogP contribution >= 0.6 is 11.6 Å². The highest BCUT2D eigenvalue weighted by Crippen LogP contribution is 2.25. The Morgan fingerprint density at radius 1 is 1.25 bits per heavy atom. The summed E-state index contributed by atoms with van der Waals surface area (Å²) in [5, 5.41) is 0.621. The number of carbonyl (C=O) groups excluding carboxylic acids is 2. The van der Waals surface area contributed by atoms with Crippen LogP contribution in [0.4, 0.5) is 4.79 Å². The number of benzene rings is 1. The summed E-state index contributed by atoms with van der Waals surface area (Å²) in [5.41, 5.74) is 0. The molecule has 1 unspecified atom stereocenters. The van der Waals surface area contributed by atoms with E-state index in [-0.39, 0.29) is 12.0 Å². The van der Waals surface area contributed by atoms with Crippen LogP contribution in [0.25, 0.3) is 0 Å². The van der Waals surface area contributed by atoms with E-state index in [4.69, 9.17) is 21.1 Å². The molecule has 130 valence electrons. The van der Waals surface area contributed by atoms with Gasteiger partial charge in [-0.15, -0.1) is 0 Å². The Morgan fingerprint density at radius 2 is 2.04 bits per heavy atom. The molecule has 0 saturated carbocycles. The maximum Gasteiger partial charge on any atom is 0.410 e. The third-order valence-electron chi connectivity index (χ3n) is 4.46. The predicted molar refractivity (Wildman–Crippen MR) is 89.2 cm³/mol. The van der Waals surface area contributed by atoms with Crippen LogP contribution in [0.5, 0.6) is 5.75 Å². The summed E-state index contributed by atoms with van der Waals surface area (Å²) in [6, 6.07) is 6.80. The molecule has 0 aromatic heterocycles. The molecule has 3 rings (SSSR count). The van der Waals surface area contributed by atoms with Gasteiger partial charge in [-0.25, -0.2) is 4.79 Å². The minimum Gasteiger partial charge on any atom is -0.487 e. The summed E-state index contributed by atoms with van der Waals surface area (Å²) in [6.45, 7) is 1.62. The molecule has 6 nitrogen and oxygen atoms in total. The van der Waals surface area contributed by atoms with Crippen LogP contribution in [0.15, 0.2) is 24.3 Å². The fourth-order valence-electron chi connectivity index (χ4n) is 3.16. The Balaban J connectivity index is 1.54. The standard InChI is InChI=1S/C17H21ClN2O4/c1-23-17(22)20-8-3-2-7-15(20)16(21)19-10-14(11-19)24-13-6-4-5-12(18)9-13/h4-6,9,14-15H,2-3,7-8,10-11H2,1H3. The fourth-order valence-corrected chi connectivity index (χ4v) is 3.34. The first-order chi connectivity index (χ1) is 11.6. The third-order valence-corrected chi connectivity index (χ3v) is 4.69. The van der Waals surface area contributed by atoms with Gasteiger partial charge in [-0.1, -0.05) is 17.7 Å². The van der Waals surface area contributed by atoms with Gasteiger partial charge in [0, 0.05) is 11.6 Å². The molecule has 0 radical (unpaired) electrons. The van der Waals surface area contributed by atoms with E-state index in [9.17, 15) is 9.59 Å². The number of ether oxygens (including phenoxy) is 2. The monoisotopic (exact) mass is 352 g/mol. The second-order valence-electron chi connectivity index (χ2n) is 6.12. The maximum absolute atomic E-state index is 12.7. The minimum atomic E-state index is -0.430. The number of likely N-dealkylation sites (tertiary alicyclic amines) is 2. The molecular formula is C17H21ClN2O4. The topological polar surface area (TPSA) is 59.1 Å². The number of hydrogen-bond donors (Lipinski definition) is 0.